The summed E-state index contributed by atoms with van der Waals surface area (Å²) in [5.41, 5.74) is 1.32. The Labute approximate surface area is 244 Å². The van der Waals surface area contributed by atoms with Gasteiger partial charge in [0.25, 0.3) is 8.32 Å². The van der Waals surface area contributed by atoms with Crippen LogP contribution in [0.25, 0.3) is 0 Å². The first kappa shape index (κ1) is 34.0. The molecule has 1 heterocycles. The van der Waals surface area contributed by atoms with Gasteiger partial charge in [0.1, 0.15) is 17.4 Å². The molecular formula is C32H52O6Si2. The Morgan fingerprint density at radius 3 is 2.25 bits per heavy atom. The van der Waals surface area contributed by atoms with E-state index in [1.165, 1.54) is 0 Å². The Morgan fingerprint density at radius 1 is 1.05 bits per heavy atom. The van der Waals surface area contributed by atoms with Gasteiger partial charge in [-0.2, -0.15) is 0 Å². The third-order valence-electron chi connectivity index (χ3n) is 8.82. The summed E-state index contributed by atoms with van der Waals surface area (Å²) in [5.74, 6) is -0.711. The highest BCUT2D eigenvalue weighted by molar-refractivity contribution is 6.75. The minimum absolute atomic E-state index is 0.0244. The average molecular weight is 589 g/mol. The minimum atomic E-state index is -2.24. The van der Waals surface area contributed by atoms with Gasteiger partial charge in [-0.25, -0.2) is 9.59 Å². The number of aliphatic carboxylic acids is 1. The van der Waals surface area contributed by atoms with Crippen molar-refractivity contribution in [2.24, 2.45) is 5.92 Å². The van der Waals surface area contributed by atoms with E-state index in [9.17, 15) is 14.7 Å². The molecule has 40 heavy (non-hydrogen) atoms. The van der Waals surface area contributed by atoms with Crippen molar-refractivity contribution in [2.45, 2.75) is 123 Å². The summed E-state index contributed by atoms with van der Waals surface area (Å²) in [6, 6.07) is 5.76. The normalized spacial score (nSPS) is 22.6. The highest BCUT2D eigenvalue weighted by atomic mass is 28.4. The highest BCUT2D eigenvalue weighted by Gasteiger charge is 2.42. The summed E-state index contributed by atoms with van der Waals surface area (Å²) < 4.78 is 19.8. The fourth-order valence-electron chi connectivity index (χ4n) is 4.10. The molecule has 0 fully saturated rings. The standard InChI is InChI=1S/C32H52O6Si2/c1-23-16-12-13-17-24-18-14-20-26(37-39(8,9)31(2,3)4)29(24)30(35)36-25(19-15-21-28(33)34)22-27(23)38-40(10,11)32(5,6)7/h12-15,18,20-21,23,25,27H,16-17,19,22H2,1-11H3,(H,33,34)/b13-12+,21-15+/t23-,25-,27+/m0/s1. The van der Waals surface area contributed by atoms with Gasteiger partial charge in [-0.3, -0.25) is 0 Å². The van der Waals surface area contributed by atoms with E-state index in [2.05, 4.69) is 86.8 Å². The molecule has 0 radical (unpaired) electrons. The molecular weight excluding hydrogens is 537 g/mol. The second-order valence-corrected chi connectivity index (χ2v) is 23.7. The van der Waals surface area contributed by atoms with Gasteiger partial charge in [0.05, 0.1) is 6.10 Å². The zero-order chi connectivity index (χ0) is 30.5. The predicted molar refractivity (Wildman–Crippen MR) is 168 cm³/mol. The van der Waals surface area contributed by atoms with Crippen LogP contribution in [0, 0.1) is 5.92 Å². The molecule has 0 saturated heterocycles. The number of rotatable bonds is 7. The summed E-state index contributed by atoms with van der Waals surface area (Å²) in [6.45, 7) is 24.1. The van der Waals surface area contributed by atoms with Gasteiger partial charge in [0, 0.05) is 18.9 Å². The number of ether oxygens (including phenoxy) is 1. The van der Waals surface area contributed by atoms with E-state index in [-0.39, 0.29) is 22.1 Å². The highest BCUT2D eigenvalue weighted by Crippen LogP contribution is 2.41. The quantitative estimate of drug-likeness (QED) is 0.149. The topological polar surface area (TPSA) is 82.1 Å². The van der Waals surface area contributed by atoms with Crippen molar-refractivity contribution in [1.82, 2.24) is 0 Å². The van der Waals surface area contributed by atoms with Crippen molar-refractivity contribution in [1.29, 1.82) is 0 Å². The minimum Gasteiger partial charge on any atom is -0.543 e. The number of carboxylic acid groups (broad SMARTS) is 1. The van der Waals surface area contributed by atoms with Gasteiger partial charge >= 0.3 is 11.9 Å². The lowest BCUT2D eigenvalue weighted by Crippen LogP contribution is -2.46. The van der Waals surface area contributed by atoms with Crippen molar-refractivity contribution in [2.75, 3.05) is 0 Å². The molecule has 0 unspecified atom stereocenters. The van der Waals surface area contributed by atoms with Gasteiger partial charge in [0.2, 0.25) is 0 Å². The van der Waals surface area contributed by atoms with Crippen molar-refractivity contribution in [3.63, 3.8) is 0 Å². The second kappa shape index (κ2) is 13.2. The first-order valence-electron chi connectivity index (χ1n) is 14.5. The lowest BCUT2D eigenvalue weighted by atomic mass is 9.93. The zero-order valence-corrected chi connectivity index (χ0v) is 28.6. The van der Waals surface area contributed by atoms with Crippen molar-refractivity contribution in [3.8, 4) is 5.75 Å². The van der Waals surface area contributed by atoms with Gasteiger partial charge in [-0.15, -0.1) is 0 Å². The SMILES string of the molecule is C[C@H]1C/C=C/Cc2cccc(O[Si](C)(C)C(C)(C)C)c2C(=O)O[C@@H](C/C=C/C(=O)O)C[C@H]1O[Si](C)(C)C(C)(C)C. The molecule has 1 aliphatic rings. The van der Waals surface area contributed by atoms with E-state index in [4.69, 9.17) is 13.6 Å². The fourth-order valence-corrected chi connectivity index (χ4v) is 6.56. The van der Waals surface area contributed by atoms with Crippen LogP contribution in [0.2, 0.25) is 36.3 Å². The molecule has 2 rings (SSSR count). The van der Waals surface area contributed by atoms with E-state index in [1.54, 1.807) is 6.08 Å². The van der Waals surface area contributed by atoms with E-state index >= 15 is 0 Å². The van der Waals surface area contributed by atoms with Crippen LogP contribution in [0.4, 0.5) is 0 Å². The van der Waals surface area contributed by atoms with Crippen LogP contribution in [0.15, 0.2) is 42.5 Å². The Morgan fingerprint density at radius 2 is 1.68 bits per heavy atom. The van der Waals surface area contributed by atoms with Crippen LogP contribution >= 0.6 is 0 Å². The second-order valence-electron chi connectivity index (χ2n) is 14.2. The lowest BCUT2D eigenvalue weighted by Gasteiger charge is -2.41. The Bertz CT molecular complexity index is 1090. The van der Waals surface area contributed by atoms with Crippen LogP contribution in [-0.2, 0) is 20.4 Å². The Kier molecular flexibility index (Phi) is 11.2. The zero-order valence-electron chi connectivity index (χ0n) is 26.6. The number of esters is 1. The van der Waals surface area contributed by atoms with Gasteiger partial charge < -0.3 is 18.7 Å². The van der Waals surface area contributed by atoms with Gasteiger partial charge in [0.15, 0.2) is 8.32 Å². The van der Waals surface area contributed by atoms with Crippen LogP contribution < -0.4 is 4.43 Å². The average Bonchev–Trinajstić information content (AvgIpc) is 2.78. The number of carbonyl (C=O) groups excluding carboxylic acids is 1. The first-order valence-corrected chi connectivity index (χ1v) is 20.3. The third-order valence-corrected chi connectivity index (χ3v) is 17.7. The monoisotopic (exact) mass is 588 g/mol. The van der Waals surface area contributed by atoms with Gasteiger partial charge in [-0.05, 0) is 66.7 Å². The van der Waals surface area contributed by atoms with Crippen molar-refractivity contribution in [3.05, 3.63) is 53.6 Å². The number of carbonyl (C=O) groups is 2. The van der Waals surface area contributed by atoms with E-state index in [0.717, 1.165) is 18.1 Å². The maximum absolute atomic E-state index is 13.9. The molecule has 0 bridgehead atoms. The third kappa shape index (κ3) is 9.18. The molecule has 1 N–H and O–H groups in total. The fraction of sp³-hybridized carbons (Fsp3) is 0.625. The molecule has 1 aliphatic heterocycles. The molecule has 0 amide bonds. The van der Waals surface area contributed by atoms with Crippen molar-refractivity contribution >= 4 is 28.6 Å². The predicted octanol–water partition coefficient (Wildman–Crippen LogP) is 8.55. The number of fused-ring (bicyclic) bond motifs is 1. The van der Waals surface area contributed by atoms with E-state index < -0.39 is 34.7 Å². The van der Waals surface area contributed by atoms with E-state index in [1.807, 2.05) is 18.2 Å². The lowest BCUT2D eigenvalue weighted by molar-refractivity contribution is -0.131. The molecule has 1 aromatic carbocycles. The Hall–Kier alpha value is -2.17. The van der Waals surface area contributed by atoms with Crippen molar-refractivity contribution < 1.29 is 28.3 Å². The van der Waals surface area contributed by atoms with E-state index in [0.29, 0.717) is 30.6 Å². The smallest absolute Gasteiger partial charge is 0.342 e. The molecule has 1 aromatic rings. The number of carboxylic acids is 1. The largest absolute Gasteiger partial charge is 0.543 e. The Balaban J connectivity index is 2.56. The molecule has 0 spiro atoms. The summed E-state index contributed by atoms with van der Waals surface area (Å²) in [7, 11) is -4.36. The number of hydrogen-bond acceptors (Lipinski definition) is 5. The maximum atomic E-state index is 13.9. The van der Waals surface area contributed by atoms with Gasteiger partial charge in [-0.1, -0.05) is 78.8 Å². The molecule has 224 valence electrons. The summed E-state index contributed by atoms with van der Waals surface area (Å²) >= 11 is 0. The van der Waals surface area contributed by atoms with Crippen LogP contribution in [0.5, 0.6) is 5.75 Å². The van der Waals surface area contributed by atoms with Crippen LogP contribution in [-0.4, -0.2) is 45.9 Å². The summed E-state index contributed by atoms with van der Waals surface area (Å²) in [4.78, 5) is 25.1. The number of benzene rings is 1. The number of cyclic esters (lactones) is 1. The molecule has 8 heteroatoms. The molecule has 0 saturated carbocycles. The summed E-state index contributed by atoms with van der Waals surface area (Å²) in [5, 5.41) is 9.17. The molecule has 0 aromatic heterocycles. The number of hydrogen-bond donors (Lipinski definition) is 1. The summed E-state index contributed by atoms with van der Waals surface area (Å²) in [6.07, 6.45) is 8.50. The molecule has 3 atom stereocenters. The number of allylic oxidation sites excluding steroid dienone is 2. The van der Waals surface area contributed by atoms with Crippen LogP contribution in [0.3, 0.4) is 0 Å². The first-order chi connectivity index (χ1) is 18.2. The molecule has 0 aliphatic carbocycles. The van der Waals surface area contributed by atoms with Crippen LogP contribution in [0.1, 0.15) is 83.7 Å². The maximum Gasteiger partial charge on any atom is 0.342 e. The molecule has 6 nitrogen and oxygen atoms in total.